The van der Waals surface area contributed by atoms with E-state index in [0.717, 1.165) is 42.5 Å². The number of nitrogens with zero attached hydrogens (tertiary/aromatic N) is 2. The maximum atomic E-state index is 14.6. The molecule has 0 spiro atoms. The molecule has 1 aromatic heterocycles. The number of aromatic amines is 1. The fourth-order valence-corrected chi connectivity index (χ4v) is 5.04. The number of aryl methyl sites for hydroxylation is 1. The minimum atomic E-state index is -0.800. The number of nitrogens with one attached hydrogen (secondary N) is 1. The van der Waals surface area contributed by atoms with E-state index in [4.69, 9.17) is 9.47 Å². The van der Waals surface area contributed by atoms with Crippen LogP contribution in [0.4, 0.5) is 4.39 Å². The number of hydrogen-bond acceptors (Lipinski definition) is 4. The molecule has 2 aromatic carbocycles. The van der Waals surface area contributed by atoms with Crippen LogP contribution in [0, 0.1) is 12.7 Å². The van der Waals surface area contributed by atoms with Gasteiger partial charge in [-0.15, -0.1) is 0 Å². The summed E-state index contributed by atoms with van der Waals surface area (Å²) in [6.07, 6.45) is 1.71. The van der Waals surface area contributed by atoms with Crippen molar-refractivity contribution in [2.45, 2.75) is 31.4 Å². The quantitative estimate of drug-likeness (QED) is 0.697. The van der Waals surface area contributed by atoms with Gasteiger partial charge in [-0.2, -0.15) is 0 Å². The average molecular weight is 426 g/mol. The molecule has 1 unspecified atom stereocenters. The van der Waals surface area contributed by atoms with Crippen LogP contribution in [0.3, 0.4) is 0 Å². The second-order valence-electron chi connectivity index (χ2n) is 8.70. The van der Waals surface area contributed by atoms with Crippen LogP contribution in [0.25, 0.3) is 11.0 Å². The molecule has 1 N–H and O–H groups in total. The van der Waals surface area contributed by atoms with Crippen molar-refractivity contribution in [3.63, 3.8) is 0 Å². The normalized spacial score (nSPS) is 23.4. The fourth-order valence-electron chi connectivity index (χ4n) is 5.04. The molecule has 2 fully saturated rings. The first-order valence-electron chi connectivity index (χ1n) is 11.0. The van der Waals surface area contributed by atoms with Gasteiger partial charge in [0.2, 0.25) is 0 Å². The standard InChI is InChI=1S/C24H28FN3O3/c1-17-6-7-22-21(14-17)26-23(29)28(22)18-8-10-27(11-9-18)15-24(16-30-12-13-31-24)19-4-2-3-5-20(19)25/h2-7,14,18H,8-13,15-16H2,1H3,(H,26,29). The predicted molar refractivity (Wildman–Crippen MR) is 117 cm³/mol. The molecule has 1 atom stereocenters. The Balaban J connectivity index is 1.34. The molecule has 0 radical (unpaired) electrons. The average Bonchev–Trinajstić information content (AvgIpc) is 3.10. The maximum absolute atomic E-state index is 14.6. The van der Waals surface area contributed by atoms with Crippen molar-refractivity contribution in [3.8, 4) is 0 Å². The molecule has 2 saturated heterocycles. The van der Waals surface area contributed by atoms with E-state index in [9.17, 15) is 9.18 Å². The minimum Gasteiger partial charge on any atom is -0.376 e. The van der Waals surface area contributed by atoms with E-state index in [1.807, 2.05) is 35.8 Å². The Labute approximate surface area is 180 Å². The molecule has 5 rings (SSSR count). The van der Waals surface area contributed by atoms with Crippen molar-refractivity contribution in [1.82, 2.24) is 14.5 Å². The molecule has 2 aliphatic rings. The van der Waals surface area contributed by atoms with E-state index >= 15 is 0 Å². The molecular weight excluding hydrogens is 397 g/mol. The Morgan fingerprint density at radius 2 is 1.97 bits per heavy atom. The van der Waals surface area contributed by atoms with Crippen molar-refractivity contribution >= 4 is 11.0 Å². The summed E-state index contributed by atoms with van der Waals surface area (Å²) in [4.78, 5) is 17.9. The second-order valence-corrected chi connectivity index (χ2v) is 8.70. The molecule has 7 heteroatoms. The Morgan fingerprint density at radius 1 is 1.16 bits per heavy atom. The lowest BCUT2D eigenvalue weighted by atomic mass is 9.91. The first-order chi connectivity index (χ1) is 15.1. The maximum Gasteiger partial charge on any atom is 0.326 e. The lowest BCUT2D eigenvalue weighted by Gasteiger charge is -2.43. The summed E-state index contributed by atoms with van der Waals surface area (Å²) in [5.74, 6) is -0.261. The number of piperidine rings is 1. The summed E-state index contributed by atoms with van der Waals surface area (Å²) in [7, 11) is 0. The molecule has 0 aliphatic carbocycles. The van der Waals surface area contributed by atoms with Crippen molar-refractivity contribution in [3.05, 3.63) is 69.9 Å². The van der Waals surface area contributed by atoms with Crippen LogP contribution in [0.2, 0.25) is 0 Å². The van der Waals surface area contributed by atoms with Crippen LogP contribution in [0.15, 0.2) is 47.3 Å². The Bertz CT molecular complexity index is 1120. The van der Waals surface area contributed by atoms with Crippen molar-refractivity contribution in [2.75, 3.05) is 39.5 Å². The number of H-pyrrole nitrogens is 1. The SMILES string of the molecule is Cc1ccc2c(c1)[nH]c(=O)n2C1CCN(CC2(c3ccccc3F)COCCO2)CC1. The highest BCUT2D eigenvalue weighted by molar-refractivity contribution is 5.76. The van der Waals surface area contributed by atoms with E-state index in [1.165, 1.54) is 6.07 Å². The Kier molecular flexibility index (Phi) is 5.42. The minimum absolute atomic E-state index is 0.0501. The van der Waals surface area contributed by atoms with Crippen molar-refractivity contribution in [2.24, 2.45) is 0 Å². The van der Waals surface area contributed by atoms with E-state index in [1.54, 1.807) is 12.1 Å². The molecule has 164 valence electrons. The molecule has 0 bridgehead atoms. The number of ether oxygens (including phenoxy) is 2. The number of imidazole rings is 1. The smallest absolute Gasteiger partial charge is 0.326 e. The van der Waals surface area contributed by atoms with Gasteiger partial charge in [0.15, 0.2) is 0 Å². The van der Waals surface area contributed by atoms with E-state index in [2.05, 4.69) is 9.88 Å². The number of rotatable bonds is 4. The molecule has 3 aromatic rings. The third kappa shape index (κ3) is 3.82. The van der Waals surface area contributed by atoms with Gasteiger partial charge in [0.05, 0.1) is 30.9 Å². The number of benzene rings is 2. The Hall–Kier alpha value is -2.48. The van der Waals surface area contributed by atoms with Gasteiger partial charge < -0.3 is 14.5 Å². The topological polar surface area (TPSA) is 59.5 Å². The van der Waals surface area contributed by atoms with Gasteiger partial charge in [-0.1, -0.05) is 24.3 Å². The van der Waals surface area contributed by atoms with Gasteiger partial charge in [-0.05, 0) is 43.5 Å². The van der Waals surface area contributed by atoms with Gasteiger partial charge in [-0.3, -0.25) is 9.47 Å². The highest BCUT2D eigenvalue weighted by atomic mass is 19.1. The summed E-state index contributed by atoms with van der Waals surface area (Å²) in [6.45, 7) is 5.55. The van der Waals surface area contributed by atoms with E-state index in [-0.39, 0.29) is 17.5 Å². The third-order valence-corrected chi connectivity index (χ3v) is 6.58. The molecule has 0 saturated carbocycles. The molecular formula is C24H28FN3O3. The van der Waals surface area contributed by atoms with Gasteiger partial charge >= 0.3 is 5.69 Å². The van der Waals surface area contributed by atoms with Crippen molar-refractivity contribution in [1.29, 1.82) is 0 Å². The second kappa shape index (κ2) is 8.22. The lowest BCUT2D eigenvalue weighted by molar-refractivity contribution is -0.175. The number of fused-ring (bicyclic) bond motifs is 1. The lowest BCUT2D eigenvalue weighted by Crippen LogP contribution is -2.51. The summed E-state index contributed by atoms with van der Waals surface area (Å²) >= 11 is 0. The number of halogens is 1. The first kappa shape index (κ1) is 20.4. The van der Waals surface area contributed by atoms with Crippen LogP contribution in [0.5, 0.6) is 0 Å². The van der Waals surface area contributed by atoms with Gasteiger partial charge in [0.25, 0.3) is 0 Å². The number of likely N-dealkylation sites (tertiary alicyclic amines) is 1. The van der Waals surface area contributed by atoms with Crippen LogP contribution in [0.1, 0.15) is 30.0 Å². The van der Waals surface area contributed by atoms with Gasteiger partial charge in [0.1, 0.15) is 11.4 Å². The number of hydrogen-bond donors (Lipinski definition) is 1. The molecule has 2 aliphatic heterocycles. The summed E-state index contributed by atoms with van der Waals surface area (Å²) < 4.78 is 28.4. The van der Waals surface area contributed by atoms with Crippen molar-refractivity contribution < 1.29 is 13.9 Å². The van der Waals surface area contributed by atoms with Crippen LogP contribution in [-0.4, -0.2) is 53.9 Å². The zero-order valence-corrected chi connectivity index (χ0v) is 17.8. The third-order valence-electron chi connectivity index (χ3n) is 6.58. The van der Waals surface area contributed by atoms with Crippen LogP contribution < -0.4 is 5.69 Å². The van der Waals surface area contributed by atoms with Crippen LogP contribution >= 0.6 is 0 Å². The zero-order chi connectivity index (χ0) is 21.4. The van der Waals surface area contributed by atoms with Gasteiger partial charge in [-0.25, -0.2) is 9.18 Å². The summed E-state index contributed by atoms with van der Waals surface area (Å²) in [5, 5.41) is 0. The number of aromatic nitrogens is 2. The Morgan fingerprint density at radius 3 is 2.71 bits per heavy atom. The van der Waals surface area contributed by atoms with Gasteiger partial charge in [0, 0.05) is 31.2 Å². The highest BCUT2D eigenvalue weighted by Crippen LogP contribution is 2.34. The summed E-state index contributed by atoms with van der Waals surface area (Å²) in [6, 6.07) is 13.0. The van der Waals surface area contributed by atoms with E-state index < -0.39 is 5.60 Å². The van der Waals surface area contributed by atoms with Crippen LogP contribution in [-0.2, 0) is 15.1 Å². The van der Waals surface area contributed by atoms with E-state index in [0.29, 0.717) is 31.9 Å². The highest BCUT2D eigenvalue weighted by Gasteiger charge is 2.41. The predicted octanol–water partition coefficient (Wildman–Crippen LogP) is 3.36. The largest absolute Gasteiger partial charge is 0.376 e. The molecule has 31 heavy (non-hydrogen) atoms. The molecule has 0 amide bonds. The monoisotopic (exact) mass is 425 g/mol. The first-order valence-corrected chi connectivity index (χ1v) is 11.0. The molecule has 6 nitrogen and oxygen atoms in total. The fraction of sp³-hybridized carbons (Fsp3) is 0.458. The summed E-state index contributed by atoms with van der Waals surface area (Å²) in [5.41, 5.74) is 2.68. The zero-order valence-electron chi connectivity index (χ0n) is 17.8. The molecule has 3 heterocycles.